The van der Waals surface area contributed by atoms with Crippen LogP contribution < -0.4 is 9.80 Å². The molecule has 4 heterocycles. The number of amides is 3. The van der Waals surface area contributed by atoms with Crippen LogP contribution in [0.15, 0.2) is 18.2 Å². The maximum absolute atomic E-state index is 12.4. The van der Waals surface area contributed by atoms with E-state index in [0.29, 0.717) is 31.2 Å². The second kappa shape index (κ2) is 10.2. The molecule has 4 saturated heterocycles. The molecule has 4 fully saturated rings. The standard InChI is InChI=1S/C24H33N5O5/c30-22-5-6-23(31)29(22)34-24(32)28-11-9-25(10-12-28)18-19-3-4-20(26-13-15-33-16-14-26)17-21(19)27-7-1-2-8-27/h3-4,17H,1-2,5-16,18H2. The highest BCUT2D eigenvalue weighted by Crippen LogP contribution is 2.31. The summed E-state index contributed by atoms with van der Waals surface area (Å²) in [6.45, 7) is 8.81. The first-order valence-corrected chi connectivity index (χ1v) is 12.3. The number of nitrogens with zero attached hydrogens (tertiary/aromatic N) is 5. The minimum atomic E-state index is -0.629. The summed E-state index contributed by atoms with van der Waals surface area (Å²) in [5.41, 5.74) is 3.88. The van der Waals surface area contributed by atoms with Crippen LogP contribution >= 0.6 is 0 Å². The average molecular weight is 472 g/mol. The van der Waals surface area contributed by atoms with E-state index in [2.05, 4.69) is 32.9 Å². The molecule has 10 nitrogen and oxygen atoms in total. The number of hydrogen-bond donors (Lipinski definition) is 0. The summed E-state index contributed by atoms with van der Waals surface area (Å²) < 4.78 is 5.52. The van der Waals surface area contributed by atoms with E-state index in [1.807, 2.05) is 0 Å². The third-order valence-corrected chi connectivity index (χ3v) is 7.09. The molecule has 0 atom stereocenters. The Labute approximate surface area is 199 Å². The zero-order valence-corrected chi connectivity index (χ0v) is 19.6. The van der Waals surface area contributed by atoms with Gasteiger partial charge >= 0.3 is 6.09 Å². The average Bonchev–Trinajstić information content (AvgIpc) is 3.51. The number of hydrogen-bond acceptors (Lipinski definition) is 8. The van der Waals surface area contributed by atoms with Crippen molar-refractivity contribution >= 4 is 29.3 Å². The zero-order valence-electron chi connectivity index (χ0n) is 19.6. The van der Waals surface area contributed by atoms with E-state index in [1.165, 1.54) is 29.8 Å². The van der Waals surface area contributed by atoms with Crippen LogP contribution in [-0.4, -0.2) is 98.3 Å². The summed E-state index contributed by atoms with van der Waals surface area (Å²) in [5, 5.41) is 0.618. The maximum Gasteiger partial charge on any atom is 0.434 e. The minimum Gasteiger partial charge on any atom is -0.378 e. The van der Waals surface area contributed by atoms with Crippen molar-refractivity contribution in [2.45, 2.75) is 32.2 Å². The zero-order chi connectivity index (χ0) is 23.5. The fraction of sp³-hybridized carbons (Fsp3) is 0.625. The number of ether oxygens (including phenoxy) is 1. The monoisotopic (exact) mass is 471 g/mol. The van der Waals surface area contributed by atoms with Crippen molar-refractivity contribution in [2.24, 2.45) is 0 Å². The summed E-state index contributed by atoms with van der Waals surface area (Å²) in [7, 11) is 0. The Hall–Kier alpha value is -2.85. The van der Waals surface area contributed by atoms with Crippen molar-refractivity contribution in [3.05, 3.63) is 23.8 Å². The predicted octanol–water partition coefficient (Wildman–Crippen LogP) is 1.44. The van der Waals surface area contributed by atoms with Gasteiger partial charge in [-0.3, -0.25) is 14.5 Å². The van der Waals surface area contributed by atoms with E-state index < -0.39 is 17.9 Å². The molecule has 0 aromatic heterocycles. The van der Waals surface area contributed by atoms with Gasteiger partial charge in [0.2, 0.25) is 0 Å². The van der Waals surface area contributed by atoms with Gasteiger partial charge in [0.05, 0.1) is 13.2 Å². The highest BCUT2D eigenvalue weighted by Gasteiger charge is 2.35. The molecular formula is C24H33N5O5. The molecule has 4 aliphatic rings. The van der Waals surface area contributed by atoms with E-state index in [4.69, 9.17) is 9.57 Å². The largest absolute Gasteiger partial charge is 0.434 e. The number of imide groups is 1. The summed E-state index contributed by atoms with van der Waals surface area (Å²) in [6.07, 6.45) is 2.03. The lowest BCUT2D eigenvalue weighted by atomic mass is 10.1. The topological polar surface area (TPSA) is 85.9 Å². The van der Waals surface area contributed by atoms with E-state index in [9.17, 15) is 14.4 Å². The number of rotatable bonds is 5. The first-order chi connectivity index (χ1) is 16.6. The number of carbonyl (C=O) groups excluding carboxylic acids is 3. The molecule has 1 aromatic carbocycles. The predicted molar refractivity (Wildman–Crippen MR) is 125 cm³/mol. The van der Waals surface area contributed by atoms with Gasteiger partial charge in [-0.05, 0) is 30.5 Å². The van der Waals surface area contributed by atoms with E-state index >= 15 is 0 Å². The minimum absolute atomic E-state index is 0.101. The van der Waals surface area contributed by atoms with Crippen LogP contribution in [0.25, 0.3) is 0 Å². The fourth-order valence-electron chi connectivity index (χ4n) is 5.08. The van der Waals surface area contributed by atoms with Gasteiger partial charge in [-0.1, -0.05) is 6.07 Å². The number of piperazine rings is 1. The highest BCUT2D eigenvalue weighted by atomic mass is 16.7. The fourth-order valence-corrected chi connectivity index (χ4v) is 5.08. The van der Waals surface area contributed by atoms with Crippen molar-refractivity contribution in [3.8, 4) is 0 Å². The van der Waals surface area contributed by atoms with Crippen LogP contribution in [0.3, 0.4) is 0 Å². The molecule has 0 saturated carbocycles. The van der Waals surface area contributed by atoms with Gasteiger partial charge in [-0.25, -0.2) is 4.79 Å². The molecule has 5 rings (SSSR count). The molecule has 34 heavy (non-hydrogen) atoms. The van der Waals surface area contributed by atoms with E-state index in [-0.39, 0.29) is 12.8 Å². The molecular weight excluding hydrogens is 438 g/mol. The van der Waals surface area contributed by atoms with Crippen molar-refractivity contribution in [1.82, 2.24) is 14.9 Å². The number of anilines is 2. The van der Waals surface area contributed by atoms with E-state index in [0.717, 1.165) is 45.9 Å². The Bertz CT molecular complexity index is 904. The molecule has 184 valence electrons. The second-order valence-electron chi connectivity index (χ2n) is 9.31. The van der Waals surface area contributed by atoms with Crippen LogP contribution in [0.2, 0.25) is 0 Å². The van der Waals surface area contributed by atoms with Gasteiger partial charge in [0, 0.05) is 83.1 Å². The lowest BCUT2D eigenvalue weighted by molar-refractivity contribution is -0.174. The molecule has 4 aliphatic heterocycles. The second-order valence-corrected chi connectivity index (χ2v) is 9.31. The summed E-state index contributed by atoms with van der Waals surface area (Å²) >= 11 is 0. The van der Waals surface area contributed by atoms with Gasteiger partial charge < -0.3 is 24.3 Å². The quantitative estimate of drug-likeness (QED) is 0.597. The van der Waals surface area contributed by atoms with Crippen LogP contribution in [-0.2, 0) is 25.7 Å². The maximum atomic E-state index is 12.4. The summed E-state index contributed by atoms with van der Waals surface area (Å²) in [4.78, 5) is 49.7. The lowest BCUT2D eigenvalue weighted by Gasteiger charge is -2.35. The van der Waals surface area contributed by atoms with Crippen molar-refractivity contribution < 1.29 is 24.0 Å². The Balaban J connectivity index is 1.21. The molecule has 3 amide bonds. The Kier molecular flexibility index (Phi) is 6.87. The lowest BCUT2D eigenvalue weighted by Crippen LogP contribution is -2.50. The van der Waals surface area contributed by atoms with Crippen LogP contribution in [0, 0.1) is 0 Å². The molecule has 0 unspecified atom stereocenters. The van der Waals surface area contributed by atoms with Gasteiger partial charge in [0.15, 0.2) is 0 Å². The van der Waals surface area contributed by atoms with Crippen molar-refractivity contribution in [2.75, 3.05) is 75.4 Å². The van der Waals surface area contributed by atoms with Crippen LogP contribution in [0.1, 0.15) is 31.2 Å². The molecule has 0 bridgehead atoms. The van der Waals surface area contributed by atoms with Gasteiger partial charge in [-0.2, -0.15) is 0 Å². The first-order valence-electron chi connectivity index (χ1n) is 12.3. The molecule has 10 heteroatoms. The highest BCUT2D eigenvalue weighted by molar-refractivity contribution is 6.01. The van der Waals surface area contributed by atoms with Crippen LogP contribution in [0.5, 0.6) is 0 Å². The number of morpholine rings is 1. The molecule has 0 spiro atoms. The Morgan fingerprint density at radius 1 is 0.853 bits per heavy atom. The third-order valence-electron chi connectivity index (χ3n) is 7.09. The molecule has 0 radical (unpaired) electrons. The van der Waals surface area contributed by atoms with Gasteiger partial charge in [0.1, 0.15) is 0 Å². The smallest absolute Gasteiger partial charge is 0.378 e. The first kappa shape index (κ1) is 22.9. The molecule has 0 N–H and O–H groups in total. The van der Waals surface area contributed by atoms with Gasteiger partial charge in [-0.15, -0.1) is 5.06 Å². The Morgan fingerprint density at radius 3 is 2.21 bits per heavy atom. The normalized spacial score (nSPS) is 22.1. The van der Waals surface area contributed by atoms with Crippen molar-refractivity contribution in [1.29, 1.82) is 0 Å². The van der Waals surface area contributed by atoms with Crippen LogP contribution in [0.4, 0.5) is 16.2 Å². The Morgan fingerprint density at radius 2 is 1.53 bits per heavy atom. The van der Waals surface area contributed by atoms with Crippen molar-refractivity contribution in [3.63, 3.8) is 0 Å². The number of carbonyl (C=O) groups is 3. The summed E-state index contributed by atoms with van der Waals surface area (Å²) in [6, 6.07) is 6.81. The molecule has 0 aliphatic carbocycles. The third kappa shape index (κ3) is 4.97. The van der Waals surface area contributed by atoms with Gasteiger partial charge in [0.25, 0.3) is 11.8 Å². The summed E-state index contributed by atoms with van der Waals surface area (Å²) in [5.74, 6) is -0.904. The number of hydroxylamine groups is 2. The van der Waals surface area contributed by atoms with E-state index in [1.54, 1.807) is 4.90 Å². The SMILES string of the molecule is O=C(ON1C(=O)CCC1=O)N1CCN(Cc2ccc(N3CCOCC3)cc2N2CCCC2)CC1. The molecule has 1 aromatic rings. The number of benzene rings is 1.